The molecular formula is C7H7N3O3. The van der Waals surface area contributed by atoms with Gasteiger partial charge < -0.3 is 4.74 Å². The van der Waals surface area contributed by atoms with Crippen molar-refractivity contribution in [1.82, 2.24) is 9.55 Å². The maximum absolute atomic E-state index is 11.0. The second kappa shape index (κ2) is 4.23. The van der Waals surface area contributed by atoms with E-state index in [2.05, 4.69) is 4.98 Å². The zero-order valence-corrected chi connectivity index (χ0v) is 6.69. The quantitative estimate of drug-likeness (QED) is 0.608. The Bertz CT molecular complexity index is 426. The van der Waals surface area contributed by atoms with Gasteiger partial charge in [-0.05, 0) is 0 Å². The lowest BCUT2D eigenvalue weighted by molar-refractivity contribution is 0.0994. The van der Waals surface area contributed by atoms with E-state index in [4.69, 9.17) is 10.00 Å². The SMILES string of the molecule is N#CCOCn1ccc(=O)[nH]c1=O. The Morgan fingerprint density at radius 2 is 2.38 bits per heavy atom. The molecule has 0 radical (unpaired) electrons. The van der Waals surface area contributed by atoms with Gasteiger partial charge in [-0.25, -0.2) is 4.79 Å². The van der Waals surface area contributed by atoms with Crippen LogP contribution in [-0.4, -0.2) is 16.2 Å². The number of nitrogens with zero attached hydrogens (tertiary/aromatic N) is 2. The zero-order chi connectivity index (χ0) is 9.68. The Balaban J connectivity index is 2.74. The molecule has 13 heavy (non-hydrogen) atoms. The average Bonchev–Trinajstić information content (AvgIpc) is 2.09. The van der Waals surface area contributed by atoms with E-state index in [1.54, 1.807) is 6.07 Å². The van der Waals surface area contributed by atoms with Gasteiger partial charge in [-0.15, -0.1) is 0 Å². The molecule has 1 heterocycles. The number of aromatic nitrogens is 2. The van der Waals surface area contributed by atoms with Crippen LogP contribution in [0.3, 0.4) is 0 Å². The summed E-state index contributed by atoms with van der Waals surface area (Å²) >= 11 is 0. The lowest BCUT2D eigenvalue weighted by Gasteiger charge is -2.01. The van der Waals surface area contributed by atoms with Crippen molar-refractivity contribution in [2.45, 2.75) is 6.73 Å². The number of hydrogen-bond donors (Lipinski definition) is 1. The Labute approximate surface area is 73.0 Å². The Morgan fingerprint density at radius 3 is 3.00 bits per heavy atom. The molecule has 0 atom stereocenters. The van der Waals surface area contributed by atoms with E-state index in [9.17, 15) is 9.59 Å². The lowest BCUT2D eigenvalue weighted by atomic mass is 10.6. The molecule has 0 unspecified atom stereocenters. The fourth-order valence-corrected chi connectivity index (χ4v) is 0.736. The third kappa shape index (κ3) is 2.57. The van der Waals surface area contributed by atoms with Crippen LogP contribution in [0.4, 0.5) is 0 Å². The normalized spacial score (nSPS) is 9.46. The molecule has 0 aliphatic carbocycles. The van der Waals surface area contributed by atoms with Crippen LogP contribution in [0, 0.1) is 11.3 Å². The monoisotopic (exact) mass is 181 g/mol. The highest BCUT2D eigenvalue weighted by Gasteiger charge is 1.94. The van der Waals surface area contributed by atoms with Crippen molar-refractivity contribution in [3.8, 4) is 6.07 Å². The van der Waals surface area contributed by atoms with Crippen LogP contribution in [0.5, 0.6) is 0 Å². The first kappa shape index (κ1) is 9.22. The summed E-state index contributed by atoms with van der Waals surface area (Å²) in [5, 5.41) is 8.14. The summed E-state index contributed by atoms with van der Waals surface area (Å²) in [6.45, 7) is -0.130. The molecule has 1 rings (SSSR count). The maximum atomic E-state index is 11.0. The summed E-state index contributed by atoms with van der Waals surface area (Å²) in [7, 11) is 0. The smallest absolute Gasteiger partial charge is 0.330 e. The number of aromatic amines is 1. The third-order valence-electron chi connectivity index (χ3n) is 1.29. The summed E-state index contributed by atoms with van der Waals surface area (Å²) in [6.07, 6.45) is 1.30. The summed E-state index contributed by atoms with van der Waals surface area (Å²) in [5.74, 6) is 0. The van der Waals surface area contributed by atoms with E-state index >= 15 is 0 Å². The van der Waals surface area contributed by atoms with Crippen molar-refractivity contribution in [3.05, 3.63) is 33.1 Å². The molecule has 0 aromatic carbocycles. The van der Waals surface area contributed by atoms with Gasteiger partial charge in [0.2, 0.25) is 0 Å². The standard InChI is InChI=1S/C7H7N3O3/c8-2-4-13-5-10-3-1-6(11)9-7(10)12/h1,3H,4-5H2,(H,9,11,12). The van der Waals surface area contributed by atoms with Crippen LogP contribution in [0.2, 0.25) is 0 Å². The average molecular weight is 181 g/mol. The van der Waals surface area contributed by atoms with Crippen molar-refractivity contribution < 1.29 is 4.74 Å². The van der Waals surface area contributed by atoms with E-state index < -0.39 is 11.2 Å². The summed E-state index contributed by atoms with van der Waals surface area (Å²) in [4.78, 5) is 23.6. The van der Waals surface area contributed by atoms with E-state index in [0.717, 1.165) is 4.57 Å². The highest BCUT2D eigenvalue weighted by Crippen LogP contribution is 1.78. The molecular weight excluding hydrogens is 174 g/mol. The van der Waals surface area contributed by atoms with Gasteiger partial charge in [-0.2, -0.15) is 5.26 Å². The van der Waals surface area contributed by atoms with Gasteiger partial charge in [0.25, 0.3) is 5.56 Å². The molecule has 1 aromatic rings. The van der Waals surface area contributed by atoms with Gasteiger partial charge in [0.15, 0.2) is 0 Å². The first-order chi connectivity index (χ1) is 6.24. The molecule has 6 nitrogen and oxygen atoms in total. The predicted octanol–water partition coefficient (Wildman–Crippen LogP) is -0.966. The highest BCUT2D eigenvalue weighted by atomic mass is 16.5. The van der Waals surface area contributed by atoms with Crippen molar-refractivity contribution in [2.24, 2.45) is 0 Å². The van der Waals surface area contributed by atoms with Gasteiger partial charge in [0, 0.05) is 12.3 Å². The van der Waals surface area contributed by atoms with Crippen LogP contribution < -0.4 is 11.2 Å². The predicted molar refractivity (Wildman–Crippen MR) is 42.9 cm³/mol. The molecule has 0 saturated heterocycles. The minimum Gasteiger partial charge on any atom is -0.346 e. The first-order valence-electron chi connectivity index (χ1n) is 3.48. The largest absolute Gasteiger partial charge is 0.346 e. The van der Waals surface area contributed by atoms with E-state index in [1.165, 1.54) is 12.3 Å². The Kier molecular flexibility index (Phi) is 3.00. The van der Waals surface area contributed by atoms with E-state index in [0.29, 0.717) is 0 Å². The molecule has 6 heteroatoms. The number of rotatable bonds is 3. The summed E-state index contributed by atoms with van der Waals surface area (Å²) in [6, 6.07) is 2.96. The molecule has 0 aliphatic heterocycles. The van der Waals surface area contributed by atoms with Gasteiger partial charge in [-0.3, -0.25) is 14.3 Å². The second-order valence-corrected chi connectivity index (χ2v) is 2.22. The minimum atomic E-state index is -0.551. The van der Waals surface area contributed by atoms with Crippen molar-refractivity contribution in [1.29, 1.82) is 5.26 Å². The van der Waals surface area contributed by atoms with Crippen LogP contribution in [0.25, 0.3) is 0 Å². The zero-order valence-electron chi connectivity index (χ0n) is 6.69. The maximum Gasteiger partial charge on any atom is 0.330 e. The fourth-order valence-electron chi connectivity index (χ4n) is 0.736. The number of nitriles is 1. The molecule has 0 amide bonds. The second-order valence-electron chi connectivity index (χ2n) is 2.22. The van der Waals surface area contributed by atoms with Crippen molar-refractivity contribution in [3.63, 3.8) is 0 Å². The fraction of sp³-hybridized carbons (Fsp3) is 0.286. The molecule has 0 bridgehead atoms. The van der Waals surface area contributed by atoms with Crippen LogP contribution in [0.1, 0.15) is 0 Å². The highest BCUT2D eigenvalue weighted by molar-refractivity contribution is 4.81. The van der Waals surface area contributed by atoms with E-state index in [-0.39, 0.29) is 13.3 Å². The van der Waals surface area contributed by atoms with E-state index in [1.807, 2.05) is 0 Å². The van der Waals surface area contributed by atoms with Gasteiger partial charge >= 0.3 is 5.69 Å². The molecule has 1 aromatic heterocycles. The van der Waals surface area contributed by atoms with Crippen LogP contribution in [0.15, 0.2) is 21.9 Å². The van der Waals surface area contributed by atoms with Crippen molar-refractivity contribution in [2.75, 3.05) is 6.61 Å². The Hall–Kier alpha value is -1.87. The number of hydrogen-bond acceptors (Lipinski definition) is 4. The molecule has 1 N–H and O–H groups in total. The molecule has 0 aliphatic rings. The number of H-pyrrole nitrogens is 1. The van der Waals surface area contributed by atoms with Crippen LogP contribution in [-0.2, 0) is 11.5 Å². The van der Waals surface area contributed by atoms with Crippen molar-refractivity contribution >= 4 is 0 Å². The molecule has 68 valence electrons. The van der Waals surface area contributed by atoms with Crippen LogP contribution >= 0.6 is 0 Å². The summed E-state index contributed by atoms with van der Waals surface area (Å²) in [5.41, 5.74) is -1.01. The Morgan fingerprint density at radius 1 is 1.62 bits per heavy atom. The number of ether oxygens (including phenoxy) is 1. The molecule has 0 spiro atoms. The lowest BCUT2D eigenvalue weighted by Crippen LogP contribution is -2.29. The van der Waals surface area contributed by atoms with Gasteiger partial charge in [-0.1, -0.05) is 0 Å². The number of nitrogens with one attached hydrogen (secondary N) is 1. The first-order valence-corrected chi connectivity index (χ1v) is 3.48. The van der Waals surface area contributed by atoms with Gasteiger partial charge in [0.1, 0.15) is 13.3 Å². The topological polar surface area (TPSA) is 87.9 Å². The molecule has 0 saturated carbocycles. The third-order valence-corrected chi connectivity index (χ3v) is 1.29. The summed E-state index contributed by atoms with van der Waals surface area (Å²) < 4.78 is 5.92. The molecule has 0 fully saturated rings. The van der Waals surface area contributed by atoms with Gasteiger partial charge in [0.05, 0.1) is 6.07 Å². The minimum absolute atomic E-state index is 0.0385.